The molecule has 1 aromatic rings. The van der Waals surface area contributed by atoms with Crippen LogP contribution in [0, 0.1) is 0 Å². The van der Waals surface area contributed by atoms with Crippen LogP contribution in [0.4, 0.5) is 0 Å². The van der Waals surface area contributed by atoms with E-state index in [4.69, 9.17) is 27.9 Å². The third-order valence-electron chi connectivity index (χ3n) is 2.49. The fourth-order valence-corrected chi connectivity index (χ4v) is 2.02. The number of amides is 1. The summed E-state index contributed by atoms with van der Waals surface area (Å²) < 4.78 is 5.52. The summed E-state index contributed by atoms with van der Waals surface area (Å²) in [7, 11) is 3.35. The number of rotatable bonds is 6. The van der Waals surface area contributed by atoms with Crippen LogP contribution in [-0.2, 0) is 11.3 Å². The molecule has 0 aromatic heterocycles. The molecule has 0 aliphatic carbocycles. The van der Waals surface area contributed by atoms with Crippen LogP contribution in [0.1, 0.15) is 12.5 Å². The zero-order valence-corrected chi connectivity index (χ0v) is 12.8. The van der Waals surface area contributed by atoms with Crippen molar-refractivity contribution in [2.45, 2.75) is 13.5 Å². The molecule has 6 heteroatoms. The highest BCUT2D eigenvalue weighted by atomic mass is 35.5. The Labute approximate surface area is 123 Å². The van der Waals surface area contributed by atoms with E-state index < -0.39 is 0 Å². The monoisotopic (exact) mass is 304 g/mol. The highest BCUT2D eigenvalue weighted by molar-refractivity contribution is 6.35. The maximum absolute atomic E-state index is 11.5. The smallest absolute Gasteiger partial charge is 0.259 e. The molecule has 0 radical (unpaired) electrons. The minimum atomic E-state index is -0.125. The van der Waals surface area contributed by atoms with Gasteiger partial charge in [0.1, 0.15) is 5.75 Å². The minimum Gasteiger partial charge on any atom is -0.482 e. The molecule has 0 spiro atoms. The lowest BCUT2D eigenvalue weighted by Crippen LogP contribution is -2.28. The van der Waals surface area contributed by atoms with Crippen LogP contribution in [-0.4, -0.2) is 38.1 Å². The molecule has 0 atom stereocenters. The van der Waals surface area contributed by atoms with Crippen molar-refractivity contribution in [1.29, 1.82) is 0 Å². The molecule has 1 rings (SSSR count). The second kappa shape index (κ2) is 7.58. The molecule has 1 aromatic carbocycles. The number of likely N-dealkylation sites (N-methyl/N-ethyl adjacent to an activating group) is 1. The van der Waals surface area contributed by atoms with Crippen molar-refractivity contribution in [3.05, 3.63) is 27.7 Å². The number of benzene rings is 1. The fourth-order valence-electron chi connectivity index (χ4n) is 1.43. The topological polar surface area (TPSA) is 41.6 Å². The normalized spacial score (nSPS) is 10.4. The van der Waals surface area contributed by atoms with Crippen molar-refractivity contribution in [1.82, 2.24) is 10.2 Å². The van der Waals surface area contributed by atoms with Gasteiger partial charge in [0.15, 0.2) is 6.61 Å². The molecule has 1 N–H and O–H groups in total. The van der Waals surface area contributed by atoms with Crippen LogP contribution in [0.25, 0.3) is 0 Å². The van der Waals surface area contributed by atoms with Crippen molar-refractivity contribution in [2.24, 2.45) is 0 Å². The first-order valence-electron chi connectivity index (χ1n) is 5.97. The number of ether oxygens (including phenoxy) is 1. The number of halogens is 2. The average Bonchev–Trinajstić information content (AvgIpc) is 2.34. The van der Waals surface area contributed by atoms with E-state index in [0.717, 1.165) is 12.1 Å². The summed E-state index contributed by atoms with van der Waals surface area (Å²) in [6.07, 6.45) is 0. The molecule has 0 saturated carbocycles. The largest absolute Gasteiger partial charge is 0.482 e. The van der Waals surface area contributed by atoms with Gasteiger partial charge < -0.3 is 15.0 Å². The SMILES string of the molecule is CCNCc1cc(Cl)cc(Cl)c1OCC(=O)N(C)C. The Morgan fingerprint density at radius 2 is 2.05 bits per heavy atom. The summed E-state index contributed by atoms with van der Waals surface area (Å²) in [6, 6.07) is 3.39. The van der Waals surface area contributed by atoms with Crippen molar-refractivity contribution in [2.75, 3.05) is 27.2 Å². The van der Waals surface area contributed by atoms with Crippen LogP contribution in [0.2, 0.25) is 10.0 Å². The van der Waals surface area contributed by atoms with Crippen molar-refractivity contribution >= 4 is 29.1 Å². The van der Waals surface area contributed by atoms with Crippen molar-refractivity contribution in [3.63, 3.8) is 0 Å². The van der Waals surface area contributed by atoms with Gasteiger partial charge in [-0.05, 0) is 18.7 Å². The zero-order valence-electron chi connectivity index (χ0n) is 11.3. The third kappa shape index (κ3) is 4.90. The number of hydrogen-bond donors (Lipinski definition) is 1. The van der Waals surface area contributed by atoms with Gasteiger partial charge in [-0.25, -0.2) is 0 Å². The van der Waals surface area contributed by atoms with Crippen LogP contribution in [0.5, 0.6) is 5.75 Å². The average molecular weight is 305 g/mol. The summed E-state index contributed by atoms with van der Waals surface area (Å²) in [5.74, 6) is 0.377. The van der Waals surface area contributed by atoms with Crippen LogP contribution in [0.3, 0.4) is 0 Å². The first kappa shape index (κ1) is 16.1. The lowest BCUT2D eigenvalue weighted by atomic mass is 10.2. The van der Waals surface area contributed by atoms with Gasteiger partial charge in [0, 0.05) is 31.2 Å². The third-order valence-corrected chi connectivity index (χ3v) is 2.99. The number of carbonyl (C=O) groups excluding carboxylic acids is 1. The summed E-state index contributed by atoms with van der Waals surface area (Å²) in [6.45, 7) is 3.36. The van der Waals surface area contributed by atoms with Crippen LogP contribution >= 0.6 is 23.2 Å². The molecule has 0 bridgehead atoms. The lowest BCUT2D eigenvalue weighted by molar-refractivity contribution is -0.130. The second-order valence-corrected chi connectivity index (χ2v) is 5.08. The molecule has 1 amide bonds. The van der Waals surface area contributed by atoms with Gasteiger partial charge in [-0.15, -0.1) is 0 Å². The van der Waals surface area contributed by atoms with E-state index in [-0.39, 0.29) is 12.5 Å². The molecule has 0 saturated heterocycles. The maximum atomic E-state index is 11.5. The maximum Gasteiger partial charge on any atom is 0.259 e. The van der Waals surface area contributed by atoms with E-state index in [1.54, 1.807) is 26.2 Å². The number of carbonyl (C=O) groups is 1. The molecule has 0 aliphatic heterocycles. The van der Waals surface area contributed by atoms with E-state index in [2.05, 4.69) is 5.32 Å². The Hall–Kier alpha value is -0.970. The highest BCUT2D eigenvalue weighted by Crippen LogP contribution is 2.32. The molecule has 0 unspecified atom stereocenters. The number of nitrogens with one attached hydrogen (secondary N) is 1. The minimum absolute atomic E-state index is 0.0481. The van der Waals surface area contributed by atoms with Crippen molar-refractivity contribution in [3.8, 4) is 5.75 Å². The fraction of sp³-hybridized carbons (Fsp3) is 0.462. The summed E-state index contributed by atoms with van der Waals surface area (Å²) >= 11 is 12.1. The van der Waals surface area contributed by atoms with E-state index in [1.165, 1.54) is 4.90 Å². The van der Waals surface area contributed by atoms with Crippen LogP contribution in [0.15, 0.2) is 12.1 Å². The van der Waals surface area contributed by atoms with E-state index >= 15 is 0 Å². The Kier molecular flexibility index (Phi) is 6.42. The molecule has 106 valence electrons. The van der Waals surface area contributed by atoms with Crippen molar-refractivity contribution < 1.29 is 9.53 Å². The predicted octanol–water partition coefficient (Wildman–Crippen LogP) is 2.57. The van der Waals surface area contributed by atoms with Gasteiger partial charge in [0.05, 0.1) is 5.02 Å². The second-order valence-electron chi connectivity index (χ2n) is 4.23. The standard InChI is InChI=1S/C13H18Cl2N2O2/c1-4-16-7-9-5-10(14)6-11(15)13(9)19-8-12(18)17(2)3/h5-6,16H,4,7-8H2,1-3H3. The van der Waals surface area contributed by atoms with E-state index in [1.807, 2.05) is 6.92 Å². The molecular weight excluding hydrogens is 287 g/mol. The first-order valence-corrected chi connectivity index (χ1v) is 6.72. The zero-order chi connectivity index (χ0) is 14.4. The summed E-state index contributed by atoms with van der Waals surface area (Å²) in [5.41, 5.74) is 0.839. The predicted molar refractivity (Wildman–Crippen MR) is 78.0 cm³/mol. The Morgan fingerprint density at radius 3 is 2.63 bits per heavy atom. The lowest BCUT2D eigenvalue weighted by Gasteiger charge is -2.16. The van der Waals surface area contributed by atoms with E-state index in [9.17, 15) is 4.79 Å². The number of nitrogens with zero attached hydrogens (tertiary/aromatic N) is 1. The first-order chi connectivity index (χ1) is 8.95. The van der Waals surface area contributed by atoms with Gasteiger partial charge in [-0.2, -0.15) is 0 Å². The highest BCUT2D eigenvalue weighted by Gasteiger charge is 2.13. The Bertz CT molecular complexity index is 451. The molecule has 19 heavy (non-hydrogen) atoms. The molecule has 0 fully saturated rings. The quantitative estimate of drug-likeness (QED) is 0.878. The number of hydrogen-bond acceptors (Lipinski definition) is 3. The summed E-state index contributed by atoms with van der Waals surface area (Å²) in [4.78, 5) is 13.0. The van der Waals surface area contributed by atoms with Gasteiger partial charge in [0.25, 0.3) is 5.91 Å². The van der Waals surface area contributed by atoms with E-state index in [0.29, 0.717) is 22.3 Å². The molecular formula is C13H18Cl2N2O2. The van der Waals surface area contributed by atoms with Gasteiger partial charge >= 0.3 is 0 Å². The molecule has 0 aliphatic rings. The van der Waals surface area contributed by atoms with Gasteiger partial charge in [-0.1, -0.05) is 30.1 Å². The molecule has 0 heterocycles. The molecule has 4 nitrogen and oxygen atoms in total. The Morgan fingerprint density at radius 1 is 1.37 bits per heavy atom. The summed E-state index contributed by atoms with van der Waals surface area (Å²) in [5, 5.41) is 4.13. The van der Waals surface area contributed by atoms with Gasteiger partial charge in [-0.3, -0.25) is 4.79 Å². The Balaban J connectivity index is 2.87. The van der Waals surface area contributed by atoms with Gasteiger partial charge in [0.2, 0.25) is 0 Å². The van der Waals surface area contributed by atoms with Crippen LogP contribution < -0.4 is 10.1 Å².